The van der Waals surface area contributed by atoms with Crippen LogP contribution in [0.5, 0.6) is 0 Å². The minimum atomic E-state index is -5.73. The standard InChI is InChI=1S/C7H5ClF5NO.ClH/c8-4-2-1-3(15-4)5(14)6(9,10)7(11,12)13;/h1-2,5H,14H2;1H/t5-;/m0./s1. The summed E-state index contributed by atoms with van der Waals surface area (Å²) in [6.07, 6.45) is -5.73. The SMILES string of the molecule is Cl.N[C@@H](c1ccc(Cl)o1)C(F)(F)C(F)(F)F. The Bertz CT molecular complexity index is 351. The molecule has 1 rings (SSSR count). The first-order chi connectivity index (χ1) is 6.66. The summed E-state index contributed by atoms with van der Waals surface area (Å²) in [7, 11) is 0. The fourth-order valence-corrected chi connectivity index (χ4v) is 1.00. The number of rotatable bonds is 2. The predicted octanol–water partition coefficient (Wildman–Crippen LogP) is 3.55. The van der Waals surface area contributed by atoms with E-state index in [1.807, 2.05) is 0 Å². The monoisotopic (exact) mass is 285 g/mol. The normalized spacial score (nSPS) is 14.4. The molecule has 0 radical (unpaired) electrons. The topological polar surface area (TPSA) is 39.2 Å². The molecule has 0 saturated carbocycles. The molecule has 0 amide bonds. The highest BCUT2D eigenvalue weighted by Gasteiger charge is 2.62. The molecule has 0 aromatic carbocycles. The van der Waals surface area contributed by atoms with Crippen LogP contribution >= 0.6 is 24.0 Å². The van der Waals surface area contributed by atoms with Gasteiger partial charge in [0.2, 0.25) is 0 Å². The largest absolute Gasteiger partial charge is 0.455 e. The zero-order valence-corrected chi connectivity index (χ0v) is 8.97. The summed E-state index contributed by atoms with van der Waals surface area (Å²) in [6.45, 7) is 0. The summed E-state index contributed by atoms with van der Waals surface area (Å²) >= 11 is 5.22. The first-order valence-electron chi connectivity index (χ1n) is 3.61. The van der Waals surface area contributed by atoms with Crippen LogP contribution < -0.4 is 5.73 Å². The van der Waals surface area contributed by atoms with Crippen molar-refractivity contribution in [1.82, 2.24) is 0 Å². The number of alkyl halides is 5. The van der Waals surface area contributed by atoms with E-state index in [0.29, 0.717) is 0 Å². The van der Waals surface area contributed by atoms with E-state index < -0.39 is 23.9 Å². The predicted molar refractivity (Wildman–Crippen MR) is 48.9 cm³/mol. The van der Waals surface area contributed by atoms with Gasteiger partial charge in [0.15, 0.2) is 5.22 Å². The van der Waals surface area contributed by atoms with Crippen molar-refractivity contribution in [3.05, 3.63) is 23.1 Å². The Morgan fingerprint density at radius 1 is 1.19 bits per heavy atom. The fraction of sp³-hybridized carbons (Fsp3) is 0.429. The molecule has 0 unspecified atom stereocenters. The summed E-state index contributed by atoms with van der Waals surface area (Å²) in [6, 6.07) is -0.708. The first-order valence-corrected chi connectivity index (χ1v) is 3.99. The average molecular weight is 286 g/mol. The van der Waals surface area contributed by atoms with Crippen molar-refractivity contribution >= 4 is 24.0 Å². The van der Waals surface area contributed by atoms with Gasteiger partial charge in [0.05, 0.1) is 0 Å². The summed E-state index contributed by atoms with van der Waals surface area (Å²) in [4.78, 5) is 0. The minimum absolute atomic E-state index is 0. The van der Waals surface area contributed by atoms with Gasteiger partial charge in [-0.15, -0.1) is 12.4 Å². The molecule has 1 atom stereocenters. The third kappa shape index (κ3) is 2.78. The Hall–Kier alpha value is -0.530. The molecule has 94 valence electrons. The van der Waals surface area contributed by atoms with Gasteiger partial charge < -0.3 is 10.2 Å². The van der Waals surface area contributed by atoms with Crippen molar-refractivity contribution in [1.29, 1.82) is 0 Å². The first kappa shape index (κ1) is 15.5. The molecule has 16 heavy (non-hydrogen) atoms. The summed E-state index contributed by atoms with van der Waals surface area (Å²) in [5, 5.41) is -0.307. The molecule has 0 aliphatic heterocycles. The number of hydrogen-bond acceptors (Lipinski definition) is 2. The zero-order valence-electron chi connectivity index (χ0n) is 7.39. The average Bonchev–Trinajstić information content (AvgIpc) is 2.48. The van der Waals surface area contributed by atoms with Gasteiger partial charge in [0.1, 0.15) is 11.8 Å². The van der Waals surface area contributed by atoms with Gasteiger partial charge >= 0.3 is 12.1 Å². The van der Waals surface area contributed by atoms with Gasteiger partial charge in [-0.2, -0.15) is 22.0 Å². The highest BCUT2D eigenvalue weighted by atomic mass is 35.5. The molecule has 1 aromatic rings. The van der Waals surface area contributed by atoms with Crippen molar-refractivity contribution < 1.29 is 26.4 Å². The Morgan fingerprint density at radius 2 is 1.69 bits per heavy atom. The van der Waals surface area contributed by atoms with Gasteiger partial charge in [0, 0.05) is 0 Å². The fourth-order valence-electron chi connectivity index (χ4n) is 0.850. The van der Waals surface area contributed by atoms with Crippen molar-refractivity contribution in [2.45, 2.75) is 18.1 Å². The highest BCUT2D eigenvalue weighted by molar-refractivity contribution is 6.28. The molecule has 1 heterocycles. The van der Waals surface area contributed by atoms with E-state index in [9.17, 15) is 22.0 Å². The second kappa shape index (κ2) is 4.77. The molecule has 9 heteroatoms. The number of nitrogens with two attached hydrogens (primary N) is 1. The molecule has 0 bridgehead atoms. The number of halogens is 7. The zero-order chi connectivity index (χ0) is 11.9. The van der Waals surface area contributed by atoms with Crippen molar-refractivity contribution in [2.75, 3.05) is 0 Å². The molecule has 0 aliphatic carbocycles. The van der Waals surface area contributed by atoms with Crippen LogP contribution in [0.4, 0.5) is 22.0 Å². The maximum atomic E-state index is 12.7. The van der Waals surface area contributed by atoms with E-state index in [1.165, 1.54) is 0 Å². The maximum absolute atomic E-state index is 12.7. The molecular formula is C7H6Cl2F5NO. The van der Waals surface area contributed by atoms with Gasteiger partial charge in [0.25, 0.3) is 0 Å². The number of furan rings is 1. The summed E-state index contributed by atoms with van der Waals surface area (Å²) in [5.74, 6) is -5.78. The third-order valence-electron chi connectivity index (χ3n) is 1.67. The van der Waals surface area contributed by atoms with Crippen LogP contribution in [0.25, 0.3) is 0 Å². The van der Waals surface area contributed by atoms with Crippen LogP contribution in [0.2, 0.25) is 5.22 Å². The Labute approximate surface area is 97.9 Å². The van der Waals surface area contributed by atoms with E-state index in [-0.39, 0.29) is 17.6 Å². The van der Waals surface area contributed by atoms with Crippen molar-refractivity contribution in [3.63, 3.8) is 0 Å². The lowest BCUT2D eigenvalue weighted by molar-refractivity contribution is -0.292. The second-order valence-corrected chi connectivity index (χ2v) is 3.11. The van der Waals surface area contributed by atoms with Crippen LogP contribution in [0, 0.1) is 0 Å². The molecule has 0 spiro atoms. The molecule has 1 aromatic heterocycles. The molecular weight excluding hydrogens is 280 g/mol. The second-order valence-electron chi connectivity index (χ2n) is 2.74. The van der Waals surface area contributed by atoms with Crippen LogP contribution in [0.1, 0.15) is 11.8 Å². The quantitative estimate of drug-likeness (QED) is 0.844. The van der Waals surface area contributed by atoms with E-state index in [2.05, 4.69) is 4.42 Å². The van der Waals surface area contributed by atoms with E-state index in [0.717, 1.165) is 12.1 Å². The summed E-state index contributed by atoms with van der Waals surface area (Å²) in [5.41, 5.74) is 4.75. The van der Waals surface area contributed by atoms with E-state index in [1.54, 1.807) is 0 Å². The Morgan fingerprint density at radius 3 is 2.00 bits per heavy atom. The van der Waals surface area contributed by atoms with E-state index >= 15 is 0 Å². The smallest absolute Gasteiger partial charge is 0.448 e. The maximum Gasteiger partial charge on any atom is 0.455 e. The highest BCUT2D eigenvalue weighted by Crippen LogP contribution is 2.43. The third-order valence-corrected chi connectivity index (χ3v) is 1.87. The van der Waals surface area contributed by atoms with Gasteiger partial charge in [-0.1, -0.05) is 0 Å². The lowest BCUT2D eigenvalue weighted by atomic mass is 10.1. The lowest BCUT2D eigenvalue weighted by Gasteiger charge is -2.23. The molecule has 0 aliphatic rings. The lowest BCUT2D eigenvalue weighted by Crippen LogP contribution is -2.45. The molecule has 2 N–H and O–H groups in total. The number of hydrogen-bond donors (Lipinski definition) is 1. The van der Waals surface area contributed by atoms with Crippen molar-refractivity contribution in [2.24, 2.45) is 5.73 Å². The van der Waals surface area contributed by atoms with Crippen molar-refractivity contribution in [3.8, 4) is 0 Å². The minimum Gasteiger partial charge on any atom is -0.448 e. The van der Waals surface area contributed by atoms with E-state index in [4.69, 9.17) is 17.3 Å². The van der Waals surface area contributed by atoms with Gasteiger partial charge in [-0.05, 0) is 23.7 Å². The van der Waals surface area contributed by atoms with Gasteiger partial charge in [-0.25, -0.2) is 0 Å². The van der Waals surface area contributed by atoms with Crippen LogP contribution in [-0.2, 0) is 0 Å². The van der Waals surface area contributed by atoms with Crippen LogP contribution in [0.15, 0.2) is 16.5 Å². The molecule has 0 fully saturated rings. The Balaban J connectivity index is 0.00000225. The summed E-state index contributed by atoms with van der Waals surface area (Å²) < 4.78 is 65.3. The van der Waals surface area contributed by atoms with Crippen LogP contribution in [0.3, 0.4) is 0 Å². The Kier molecular flexibility index (Phi) is 4.61. The van der Waals surface area contributed by atoms with Gasteiger partial charge in [-0.3, -0.25) is 0 Å². The van der Waals surface area contributed by atoms with Crippen LogP contribution in [-0.4, -0.2) is 12.1 Å². The molecule has 2 nitrogen and oxygen atoms in total. The molecule has 0 saturated heterocycles.